The molecule has 0 radical (unpaired) electrons. The van der Waals surface area contributed by atoms with Crippen LogP contribution in [0.15, 0.2) is 16.7 Å². The van der Waals surface area contributed by atoms with E-state index >= 15 is 0 Å². The zero-order valence-corrected chi connectivity index (χ0v) is 19.2. The minimum absolute atomic E-state index is 0.325. The predicted molar refractivity (Wildman–Crippen MR) is 107 cm³/mol. The number of methoxy groups -OCH3 is 1. The second kappa shape index (κ2) is 15.7. The summed E-state index contributed by atoms with van der Waals surface area (Å²) in [4.78, 5) is 27.6. The molecule has 0 spiro atoms. The number of carbonyl (C=O) groups is 2. The lowest BCUT2D eigenvalue weighted by atomic mass is 10.0. The third-order valence-corrected chi connectivity index (χ3v) is 2.62. The maximum absolute atomic E-state index is 13.9. The van der Waals surface area contributed by atoms with Gasteiger partial charge in [0.05, 0.1) is 7.11 Å². The summed E-state index contributed by atoms with van der Waals surface area (Å²) in [5.74, 6) is -4.17. The van der Waals surface area contributed by atoms with Crippen LogP contribution in [-0.4, -0.2) is 29.6 Å². The van der Waals surface area contributed by atoms with E-state index in [9.17, 15) is 14.0 Å². The molecule has 0 bridgehead atoms. The van der Waals surface area contributed by atoms with E-state index in [1.165, 1.54) is 6.20 Å². The van der Waals surface area contributed by atoms with E-state index in [0.717, 1.165) is 13.2 Å². The lowest BCUT2D eigenvalue weighted by Gasteiger charge is -2.22. The minimum Gasteiger partial charge on any atom is -0.468 e. The Bertz CT molecular complexity index is 531. The van der Waals surface area contributed by atoms with E-state index in [1.54, 1.807) is 20.8 Å². The number of esters is 2. The van der Waals surface area contributed by atoms with Crippen molar-refractivity contribution in [2.45, 2.75) is 73.8 Å². The van der Waals surface area contributed by atoms with Crippen molar-refractivity contribution in [2.24, 2.45) is 0 Å². The number of rotatable bonds is 3. The number of aromatic nitrogens is 1. The molecule has 0 fully saturated rings. The van der Waals surface area contributed by atoms with Crippen molar-refractivity contribution in [1.29, 1.82) is 0 Å². The Morgan fingerprint density at radius 2 is 1.54 bits per heavy atom. The summed E-state index contributed by atoms with van der Waals surface area (Å²) in [5, 5.41) is 0. The van der Waals surface area contributed by atoms with Crippen LogP contribution in [0, 0.1) is 5.82 Å². The van der Waals surface area contributed by atoms with Gasteiger partial charge < -0.3 is 9.47 Å². The number of nitrogens with zero attached hydrogens (tertiary/aromatic N) is 1. The van der Waals surface area contributed by atoms with Crippen LogP contribution in [0.1, 0.15) is 73.9 Å². The summed E-state index contributed by atoms with van der Waals surface area (Å²) in [6.07, 6.45) is 1.29. The van der Waals surface area contributed by atoms with E-state index in [2.05, 4.69) is 25.7 Å². The largest absolute Gasteiger partial charge is 0.468 e. The zero-order valence-electron chi connectivity index (χ0n) is 17.6. The molecule has 0 amide bonds. The van der Waals surface area contributed by atoms with E-state index in [-0.39, 0.29) is 5.69 Å². The van der Waals surface area contributed by atoms with Gasteiger partial charge in [-0.3, -0.25) is 14.6 Å². The number of halogens is 2. The Morgan fingerprint density at radius 1 is 1.08 bits per heavy atom. The average molecular weight is 438 g/mol. The lowest BCUT2D eigenvalue weighted by molar-refractivity contribution is -0.163. The second-order valence-electron chi connectivity index (χ2n) is 5.01. The summed E-state index contributed by atoms with van der Waals surface area (Å²) < 4.78 is 23.9. The molecule has 1 rings (SSSR count). The molecule has 1 heterocycles. The quantitative estimate of drug-likeness (QED) is 0.450. The van der Waals surface area contributed by atoms with Crippen LogP contribution in [-0.2, 0) is 19.1 Å². The maximum atomic E-state index is 13.9. The van der Waals surface area contributed by atoms with Gasteiger partial charge in [-0.05, 0) is 42.8 Å². The van der Waals surface area contributed by atoms with Crippen LogP contribution in [0.25, 0.3) is 0 Å². The van der Waals surface area contributed by atoms with Crippen LogP contribution in [0.5, 0.6) is 0 Å². The van der Waals surface area contributed by atoms with Gasteiger partial charge in [0.1, 0.15) is 17.1 Å². The van der Waals surface area contributed by atoms with E-state index < -0.39 is 29.3 Å². The molecular formula is C19H33BrFNO4. The van der Waals surface area contributed by atoms with Crippen molar-refractivity contribution in [3.8, 4) is 0 Å². The highest BCUT2D eigenvalue weighted by atomic mass is 79.9. The van der Waals surface area contributed by atoms with Crippen LogP contribution >= 0.6 is 15.9 Å². The Morgan fingerprint density at radius 3 is 1.88 bits per heavy atom. The summed E-state index contributed by atoms with van der Waals surface area (Å²) in [6, 6.07) is 1.11. The highest BCUT2D eigenvalue weighted by Gasteiger charge is 2.37. The summed E-state index contributed by atoms with van der Waals surface area (Å²) in [6.45, 7) is 16.9. The zero-order chi connectivity index (χ0) is 21.5. The number of ether oxygens (including phenoxy) is 2. The number of hydrogen-bond donors (Lipinski definition) is 0. The number of pyridine rings is 1. The van der Waals surface area contributed by atoms with Gasteiger partial charge in [-0.1, -0.05) is 41.5 Å². The van der Waals surface area contributed by atoms with Gasteiger partial charge in [-0.2, -0.15) is 0 Å². The molecule has 1 atom stereocenters. The smallest absolute Gasteiger partial charge is 0.327 e. The fourth-order valence-electron chi connectivity index (χ4n) is 1.44. The fraction of sp³-hybridized carbons (Fsp3) is 0.632. The van der Waals surface area contributed by atoms with Crippen LogP contribution < -0.4 is 0 Å². The SMILES string of the molecule is CC.CC.CC.COC(=O)C(C(=O)OC(C)(C)C)c1ncc(Br)cc1F. The highest BCUT2D eigenvalue weighted by molar-refractivity contribution is 9.10. The van der Waals surface area contributed by atoms with Crippen LogP contribution in [0.2, 0.25) is 0 Å². The summed E-state index contributed by atoms with van der Waals surface area (Å²) >= 11 is 3.05. The third-order valence-electron chi connectivity index (χ3n) is 2.19. The molecule has 0 aliphatic carbocycles. The number of carbonyl (C=O) groups excluding carboxylic acids is 2. The third kappa shape index (κ3) is 11.2. The van der Waals surface area contributed by atoms with Gasteiger partial charge in [0, 0.05) is 10.7 Å². The Kier molecular flexibility index (Phi) is 17.7. The Hall–Kier alpha value is -1.50. The fourth-order valence-corrected chi connectivity index (χ4v) is 1.74. The summed E-state index contributed by atoms with van der Waals surface area (Å²) in [7, 11) is 1.11. The normalized spacial score (nSPS) is 10.5. The first-order valence-electron chi connectivity index (χ1n) is 8.77. The molecule has 26 heavy (non-hydrogen) atoms. The summed E-state index contributed by atoms with van der Waals surface area (Å²) in [5.41, 5.74) is -1.14. The van der Waals surface area contributed by atoms with Crippen LogP contribution in [0.4, 0.5) is 4.39 Å². The molecule has 1 aromatic heterocycles. The first kappa shape index (κ1) is 29.3. The molecule has 5 nitrogen and oxygen atoms in total. The molecule has 0 aliphatic rings. The second-order valence-corrected chi connectivity index (χ2v) is 5.93. The molecule has 0 saturated heterocycles. The molecule has 0 N–H and O–H groups in total. The maximum Gasteiger partial charge on any atom is 0.327 e. The van der Waals surface area contributed by atoms with E-state index in [1.807, 2.05) is 41.5 Å². The predicted octanol–water partition coefficient (Wildman–Crippen LogP) is 5.66. The van der Waals surface area contributed by atoms with Gasteiger partial charge in [0.2, 0.25) is 0 Å². The highest BCUT2D eigenvalue weighted by Crippen LogP contribution is 2.24. The molecule has 0 aliphatic heterocycles. The first-order chi connectivity index (χ1) is 12.2. The van der Waals surface area contributed by atoms with Crippen molar-refractivity contribution in [3.05, 3.63) is 28.2 Å². The van der Waals surface area contributed by atoms with Gasteiger partial charge in [-0.15, -0.1) is 0 Å². The molecular weight excluding hydrogens is 405 g/mol. The van der Waals surface area contributed by atoms with Gasteiger partial charge >= 0.3 is 11.9 Å². The Balaban J connectivity index is -0.000000795. The molecule has 0 aromatic carbocycles. The monoisotopic (exact) mass is 437 g/mol. The molecule has 1 unspecified atom stereocenters. The van der Waals surface area contributed by atoms with Crippen molar-refractivity contribution in [1.82, 2.24) is 4.98 Å². The van der Waals surface area contributed by atoms with Gasteiger partial charge in [0.25, 0.3) is 0 Å². The lowest BCUT2D eigenvalue weighted by Crippen LogP contribution is -2.33. The van der Waals surface area contributed by atoms with Crippen molar-refractivity contribution in [3.63, 3.8) is 0 Å². The minimum atomic E-state index is -1.55. The van der Waals surface area contributed by atoms with Gasteiger partial charge in [-0.25, -0.2) is 4.39 Å². The van der Waals surface area contributed by atoms with E-state index in [0.29, 0.717) is 4.47 Å². The first-order valence-corrected chi connectivity index (χ1v) is 9.56. The average Bonchev–Trinajstić information content (AvgIpc) is 2.60. The van der Waals surface area contributed by atoms with Crippen molar-refractivity contribution < 1.29 is 23.5 Å². The van der Waals surface area contributed by atoms with Crippen molar-refractivity contribution >= 4 is 27.9 Å². The Labute approximate surface area is 165 Å². The van der Waals surface area contributed by atoms with Crippen LogP contribution in [0.3, 0.4) is 0 Å². The molecule has 7 heteroatoms. The topological polar surface area (TPSA) is 65.5 Å². The van der Waals surface area contributed by atoms with Crippen molar-refractivity contribution in [2.75, 3.05) is 7.11 Å². The van der Waals surface area contributed by atoms with Gasteiger partial charge in [0.15, 0.2) is 5.92 Å². The standard InChI is InChI=1S/C13H15BrFNO4.3C2H6/c1-13(2,3)20-12(18)9(11(17)19-4)10-8(15)5-7(14)6-16-10;3*1-2/h5-6,9H,1-4H3;3*1-2H3. The molecule has 152 valence electrons. The molecule has 0 saturated carbocycles. The van der Waals surface area contributed by atoms with E-state index in [4.69, 9.17) is 4.74 Å². The molecule has 1 aromatic rings. The number of hydrogen-bond acceptors (Lipinski definition) is 5.